The van der Waals surface area contributed by atoms with E-state index in [1.165, 1.54) is 18.5 Å². The first-order valence-corrected chi connectivity index (χ1v) is 9.82. The van der Waals surface area contributed by atoms with Crippen LogP contribution in [0.5, 0.6) is 5.75 Å². The van der Waals surface area contributed by atoms with Gasteiger partial charge in [0, 0.05) is 18.7 Å². The third-order valence-electron chi connectivity index (χ3n) is 5.19. The molecule has 0 aliphatic carbocycles. The van der Waals surface area contributed by atoms with Gasteiger partial charge in [0.25, 0.3) is 0 Å². The Hall–Kier alpha value is -3.56. The summed E-state index contributed by atoms with van der Waals surface area (Å²) in [5.41, 5.74) is 4.07. The Kier molecular flexibility index (Phi) is 5.55. The standard InChI is InChI=1S/C23H18ClN3O3/c24-20-9-14(1-2-16(20)11-25)15-3-4-18-17(6-8-30-22(18)10-15)12-27-21-13-26-7-5-19(21)23(28)29/h1-5,7,9-10,13,17,27H,6,8,12H2,(H,28,29). The van der Waals surface area contributed by atoms with Crippen molar-refractivity contribution in [3.8, 4) is 22.9 Å². The molecule has 1 aromatic heterocycles. The molecule has 2 heterocycles. The lowest BCUT2D eigenvalue weighted by Gasteiger charge is -2.27. The molecule has 7 heteroatoms. The van der Waals surface area contributed by atoms with E-state index in [1.54, 1.807) is 12.1 Å². The number of pyridine rings is 1. The van der Waals surface area contributed by atoms with E-state index in [1.807, 2.05) is 24.3 Å². The summed E-state index contributed by atoms with van der Waals surface area (Å²) in [6.45, 7) is 1.15. The van der Waals surface area contributed by atoms with Crippen molar-refractivity contribution >= 4 is 23.3 Å². The number of nitriles is 1. The molecule has 4 rings (SSSR count). The molecule has 6 nitrogen and oxygen atoms in total. The monoisotopic (exact) mass is 419 g/mol. The molecule has 1 aliphatic rings. The zero-order valence-electron chi connectivity index (χ0n) is 15.9. The van der Waals surface area contributed by atoms with E-state index in [9.17, 15) is 9.90 Å². The average Bonchev–Trinajstić information content (AvgIpc) is 2.77. The van der Waals surface area contributed by atoms with E-state index < -0.39 is 5.97 Å². The molecule has 2 N–H and O–H groups in total. The molecule has 0 fully saturated rings. The number of aromatic carboxylic acids is 1. The van der Waals surface area contributed by atoms with Crippen molar-refractivity contribution in [2.45, 2.75) is 12.3 Å². The van der Waals surface area contributed by atoms with Gasteiger partial charge in [0.1, 0.15) is 11.8 Å². The minimum atomic E-state index is -0.988. The number of nitrogens with zero attached hydrogens (tertiary/aromatic N) is 2. The zero-order valence-corrected chi connectivity index (χ0v) is 16.7. The summed E-state index contributed by atoms with van der Waals surface area (Å²) in [4.78, 5) is 15.4. The Morgan fingerprint density at radius 2 is 2.07 bits per heavy atom. The van der Waals surface area contributed by atoms with E-state index in [4.69, 9.17) is 21.6 Å². The van der Waals surface area contributed by atoms with Crippen molar-refractivity contribution in [1.82, 2.24) is 4.98 Å². The zero-order chi connectivity index (χ0) is 21.1. The van der Waals surface area contributed by atoms with Crippen LogP contribution in [0.1, 0.15) is 33.8 Å². The molecule has 1 atom stereocenters. The Labute approximate surface area is 178 Å². The summed E-state index contributed by atoms with van der Waals surface area (Å²) in [6, 6.07) is 14.9. The number of hydrogen-bond donors (Lipinski definition) is 2. The minimum Gasteiger partial charge on any atom is -0.493 e. The van der Waals surface area contributed by atoms with Crippen LogP contribution in [0.25, 0.3) is 11.1 Å². The number of hydrogen-bond acceptors (Lipinski definition) is 5. The summed E-state index contributed by atoms with van der Waals surface area (Å²) >= 11 is 6.17. The van der Waals surface area contributed by atoms with Crippen LogP contribution in [-0.4, -0.2) is 29.2 Å². The highest BCUT2D eigenvalue weighted by molar-refractivity contribution is 6.32. The number of carbonyl (C=O) groups is 1. The molecule has 2 aromatic carbocycles. The van der Waals surface area contributed by atoms with Gasteiger partial charge in [-0.2, -0.15) is 5.26 Å². The van der Waals surface area contributed by atoms with Crippen molar-refractivity contribution in [2.24, 2.45) is 0 Å². The Bertz CT molecular complexity index is 1160. The first-order valence-electron chi connectivity index (χ1n) is 9.44. The largest absolute Gasteiger partial charge is 0.493 e. The van der Waals surface area contributed by atoms with Gasteiger partial charge < -0.3 is 15.2 Å². The number of carboxylic acids is 1. The summed E-state index contributed by atoms with van der Waals surface area (Å²) < 4.78 is 5.89. The molecule has 0 spiro atoms. The van der Waals surface area contributed by atoms with Crippen molar-refractivity contribution < 1.29 is 14.6 Å². The maximum Gasteiger partial charge on any atom is 0.337 e. The SMILES string of the molecule is N#Cc1ccc(-c2ccc3c(c2)OCCC3CNc2cnccc2C(=O)O)cc1Cl. The predicted molar refractivity (Wildman–Crippen MR) is 114 cm³/mol. The van der Waals surface area contributed by atoms with Gasteiger partial charge in [0.15, 0.2) is 0 Å². The van der Waals surface area contributed by atoms with Crippen LogP contribution in [0.4, 0.5) is 5.69 Å². The van der Waals surface area contributed by atoms with Gasteiger partial charge in [-0.1, -0.05) is 29.8 Å². The van der Waals surface area contributed by atoms with Gasteiger partial charge in [0.05, 0.1) is 34.6 Å². The first-order chi connectivity index (χ1) is 14.6. The number of halogens is 1. The number of fused-ring (bicyclic) bond motifs is 1. The molecule has 3 aromatic rings. The van der Waals surface area contributed by atoms with Crippen LogP contribution in [0.15, 0.2) is 54.9 Å². The van der Waals surface area contributed by atoms with Crippen LogP contribution >= 0.6 is 11.6 Å². The highest BCUT2D eigenvalue weighted by atomic mass is 35.5. The molecule has 1 aliphatic heterocycles. The van der Waals surface area contributed by atoms with Gasteiger partial charge in [-0.25, -0.2) is 4.79 Å². The minimum absolute atomic E-state index is 0.175. The molecule has 150 valence electrons. The van der Waals surface area contributed by atoms with Gasteiger partial charge in [-0.05, 0) is 47.4 Å². The fraction of sp³-hybridized carbons (Fsp3) is 0.174. The molecule has 0 amide bonds. The fourth-order valence-corrected chi connectivity index (χ4v) is 3.82. The number of nitrogens with one attached hydrogen (secondary N) is 1. The molecule has 0 radical (unpaired) electrons. The molecule has 0 saturated heterocycles. The Balaban J connectivity index is 1.56. The predicted octanol–water partition coefficient (Wildman–Crippen LogP) is 4.95. The molecule has 0 saturated carbocycles. The van der Waals surface area contributed by atoms with Crippen LogP contribution < -0.4 is 10.1 Å². The smallest absolute Gasteiger partial charge is 0.337 e. The second-order valence-corrected chi connectivity index (χ2v) is 7.41. The number of aromatic nitrogens is 1. The molecule has 1 unspecified atom stereocenters. The van der Waals surface area contributed by atoms with Gasteiger partial charge in [0.2, 0.25) is 0 Å². The van der Waals surface area contributed by atoms with Crippen LogP contribution in [-0.2, 0) is 0 Å². The number of rotatable bonds is 5. The maximum atomic E-state index is 11.4. The van der Waals surface area contributed by atoms with Crippen molar-refractivity contribution in [3.63, 3.8) is 0 Å². The Morgan fingerprint density at radius 3 is 2.83 bits per heavy atom. The summed E-state index contributed by atoms with van der Waals surface area (Å²) in [5.74, 6) is -0.0112. The number of ether oxygens (including phenoxy) is 1. The third kappa shape index (κ3) is 3.93. The summed E-state index contributed by atoms with van der Waals surface area (Å²) in [5, 5.41) is 22.0. The van der Waals surface area contributed by atoms with Crippen molar-refractivity contribution in [1.29, 1.82) is 5.26 Å². The first kappa shape index (κ1) is 19.7. The lowest BCUT2D eigenvalue weighted by Crippen LogP contribution is -2.21. The number of carboxylic acid groups (broad SMARTS) is 1. The van der Waals surface area contributed by atoms with Crippen LogP contribution in [0.2, 0.25) is 5.02 Å². The third-order valence-corrected chi connectivity index (χ3v) is 5.50. The van der Waals surface area contributed by atoms with Crippen molar-refractivity contribution in [3.05, 3.63) is 76.6 Å². The van der Waals surface area contributed by atoms with E-state index >= 15 is 0 Å². The normalized spacial score (nSPS) is 14.9. The topological polar surface area (TPSA) is 95.2 Å². The highest BCUT2D eigenvalue weighted by Crippen LogP contribution is 2.37. The van der Waals surface area contributed by atoms with Crippen LogP contribution in [0, 0.1) is 11.3 Å². The molecular weight excluding hydrogens is 402 g/mol. The number of anilines is 1. The van der Waals surface area contributed by atoms with Gasteiger partial charge >= 0.3 is 5.97 Å². The molecular formula is C23H18ClN3O3. The van der Waals surface area contributed by atoms with Crippen LogP contribution in [0.3, 0.4) is 0 Å². The molecule has 30 heavy (non-hydrogen) atoms. The van der Waals surface area contributed by atoms with E-state index in [2.05, 4.69) is 16.4 Å². The summed E-state index contributed by atoms with van der Waals surface area (Å²) in [6.07, 6.45) is 3.82. The molecule has 0 bridgehead atoms. The fourth-order valence-electron chi connectivity index (χ4n) is 3.60. The second kappa shape index (κ2) is 8.44. The van der Waals surface area contributed by atoms with Crippen molar-refractivity contribution in [2.75, 3.05) is 18.5 Å². The van der Waals surface area contributed by atoms with Gasteiger partial charge in [-0.3, -0.25) is 4.98 Å². The van der Waals surface area contributed by atoms with E-state index in [0.717, 1.165) is 28.9 Å². The van der Waals surface area contributed by atoms with Gasteiger partial charge in [-0.15, -0.1) is 0 Å². The lowest BCUT2D eigenvalue weighted by atomic mass is 9.90. The highest BCUT2D eigenvalue weighted by Gasteiger charge is 2.23. The Morgan fingerprint density at radius 1 is 1.27 bits per heavy atom. The van der Waals surface area contributed by atoms with E-state index in [-0.39, 0.29) is 11.5 Å². The second-order valence-electron chi connectivity index (χ2n) is 7.00. The van der Waals surface area contributed by atoms with E-state index in [0.29, 0.717) is 29.4 Å². The number of benzene rings is 2. The maximum absolute atomic E-state index is 11.4. The average molecular weight is 420 g/mol. The summed E-state index contributed by atoms with van der Waals surface area (Å²) in [7, 11) is 0. The quantitative estimate of drug-likeness (QED) is 0.607. The lowest BCUT2D eigenvalue weighted by molar-refractivity contribution is 0.0697.